The highest BCUT2D eigenvalue weighted by Crippen LogP contribution is 2.25. The van der Waals surface area contributed by atoms with Crippen LogP contribution in [0, 0.1) is 15.9 Å². The zero-order valence-corrected chi connectivity index (χ0v) is 10.3. The molecule has 1 unspecified atom stereocenters. The van der Waals surface area contributed by atoms with Gasteiger partial charge in [-0.3, -0.25) is 14.9 Å². The number of hydrogen-bond acceptors (Lipinski definition) is 4. The highest BCUT2D eigenvalue weighted by Gasteiger charge is 2.20. The molecule has 0 aliphatic heterocycles. The molecule has 0 aliphatic rings. The Bertz CT molecular complexity index is 477. The quantitative estimate of drug-likeness (QED) is 0.655. The molecule has 0 aromatic heterocycles. The Balaban J connectivity index is 2.99. The molecule has 1 N–H and O–H groups in total. The van der Waals surface area contributed by atoms with E-state index in [1.807, 2.05) is 0 Å². The molecule has 1 atom stereocenters. The van der Waals surface area contributed by atoms with Gasteiger partial charge in [-0.1, -0.05) is 0 Å². The van der Waals surface area contributed by atoms with Gasteiger partial charge in [-0.15, -0.1) is 0 Å². The number of benzene rings is 1. The maximum absolute atomic E-state index is 13.1. The number of carbonyl (C=O) groups is 1. The third-order valence-corrected chi connectivity index (χ3v) is 2.34. The molecule has 18 heavy (non-hydrogen) atoms. The lowest BCUT2D eigenvalue weighted by Crippen LogP contribution is -2.36. The first-order chi connectivity index (χ1) is 8.32. The number of rotatable bonds is 4. The van der Waals surface area contributed by atoms with Crippen molar-refractivity contribution in [1.29, 1.82) is 0 Å². The standard InChI is InChI=1S/C11H14FN3O3/c1-7(11(16)14(2)3)13-9-6-8(12)4-5-10(9)15(17)18/h4-7,13H,1-3H3. The van der Waals surface area contributed by atoms with Crippen molar-refractivity contribution in [2.75, 3.05) is 19.4 Å². The summed E-state index contributed by atoms with van der Waals surface area (Å²) in [5, 5.41) is 13.4. The van der Waals surface area contributed by atoms with Crippen molar-refractivity contribution in [3.05, 3.63) is 34.1 Å². The van der Waals surface area contributed by atoms with Crippen molar-refractivity contribution >= 4 is 17.3 Å². The summed E-state index contributed by atoms with van der Waals surface area (Å²) in [7, 11) is 3.14. The fourth-order valence-electron chi connectivity index (χ4n) is 1.47. The van der Waals surface area contributed by atoms with E-state index in [2.05, 4.69) is 5.32 Å². The van der Waals surface area contributed by atoms with Crippen LogP contribution in [0.3, 0.4) is 0 Å². The largest absolute Gasteiger partial charge is 0.368 e. The van der Waals surface area contributed by atoms with Crippen LogP contribution >= 0.6 is 0 Å². The van der Waals surface area contributed by atoms with Crippen LogP contribution in [0.1, 0.15) is 6.92 Å². The Morgan fingerprint density at radius 1 is 1.50 bits per heavy atom. The normalized spacial score (nSPS) is 11.8. The summed E-state index contributed by atoms with van der Waals surface area (Å²) < 4.78 is 13.1. The van der Waals surface area contributed by atoms with Crippen LogP contribution in [0.2, 0.25) is 0 Å². The Hall–Kier alpha value is -2.18. The average molecular weight is 255 g/mol. The van der Waals surface area contributed by atoms with E-state index in [1.54, 1.807) is 21.0 Å². The summed E-state index contributed by atoms with van der Waals surface area (Å²) in [6.07, 6.45) is 0. The van der Waals surface area contributed by atoms with E-state index in [-0.39, 0.29) is 17.3 Å². The van der Waals surface area contributed by atoms with Crippen LogP contribution in [-0.4, -0.2) is 35.9 Å². The van der Waals surface area contributed by atoms with Gasteiger partial charge in [0.15, 0.2) is 0 Å². The third-order valence-electron chi connectivity index (χ3n) is 2.34. The number of nitrogens with one attached hydrogen (secondary N) is 1. The molecular weight excluding hydrogens is 241 g/mol. The van der Waals surface area contributed by atoms with Crippen molar-refractivity contribution < 1.29 is 14.1 Å². The van der Waals surface area contributed by atoms with Crippen LogP contribution in [0.4, 0.5) is 15.8 Å². The lowest BCUT2D eigenvalue weighted by Gasteiger charge is -2.18. The number of likely N-dealkylation sites (N-methyl/N-ethyl adjacent to an activating group) is 1. The second kappa shape index (κ2) is 5.44. The number of nitro groups is 1. The van der Waals surface area contributed by atoms with E-state index >= 15 is 0 Å². The minimum atomic E-state index is -0.680. The molecule has 0 aliphatic carbocycles. The average Bonchev–Trinajstić information content (AvgIpc) is 2.27. The zero-order chi connectivity index (χ0) is 13.9. The number of amides is 1. The summed E-state index contributed by atoms with van der Waals surface area (Å²) in [5.41, 5.74) is -0.280. The first kappa shape index (κ1) is 13.9. The van der Waals surface area contributed by atoms with E-state index in [0.29, 0.717) is 0 Å². The smallest absolute Gasteiger partial charge is 0.292 e. The second-order valence-electron chi connectivity index (χ2n) is 4.02. The molecule has 6 nitrogen and oxygen atoms in total. The second-order valence-corrected chi connectivity index (χ2v) is 4.02. The molecule has 0 bridgehead atoms. The van der Waals surface area contributed by atoms with Gasteiger partial charge in [-0.25, -0.2) is 4.39 Å². The van der Waals surface area contributed by atoms with Gasteiger partial charge in [0.2, 0.25) is 5.91 Å². The van der Waals surface area contributed by atoms with Crippen LogP contribution < -0.4 is 5.32 Å². The molecule has 1 amide bonds. The molecule has 0 saturated heterocycles. The van der Waals surface area contributed by atoms with Crippen LogP contribution in [0.5, 0.6) is 0 Å². The fourth-order valence-corrected chi connectivity index (χ4v) is 1.47. The highest BCUT2D eigenvalue weighted by atomic mass is 19.1. The summed E-state index contributed by atoms with van der Waals surface area (Å²) in [6.45, 7) is 1.55. The van der Waals surface area contributed by atoms with Crippen molar-refractivity contribution in [2.45, 2.75) is 13.0 Å². The predicted octanol–water partition coefficient (Wildman–Crippen LogP) is 1.62. The minimum absolute atomic E-state index is 0.0114. The van der Waals surface area contributed by atoms with Gasteiger partial charge in [0.1, 0.15) is 17.5 Å². The van der Waals surface area contributed by atoms with Crippen LogP contribution in [0.25, 0.3) is 0 Å². The van der Waals surface area contributed by atoms with E-state index in [1.165, 1.54) is 4.90 Å². The summed E-state index contributed by atoms with van der Waals surface area (Å²) in [5.74, 6) is -0.860. The van der Waals surface area contributed by atoms with Crippen molar-refractivity contribution in [3.8, 4) is 0 Å². The van der Waals surface area contributed by atoms with E-state index < -0.39 is 16.8 Å². The van der Waals surface area contributed by atoms with Gasteiger partial charge in [0.25, 0.3) is 5.69 Å². The Morgan fingerprint density at radius 3 is 2.61 bits per heavy atom. The van der Waals surface area contributed by atoms with Crippen LogP contribution in [-0.2, 0) is 4.79 Å². The Kier molecular flexibility index (Phi) is 4.19. The number of carbonyl (C=O) groups excluding carboxylic acids is 1. The van der Waals surface area contributed by atoms with Gasteiger partial charge in [-0.2, -0.15) is 0 Å². The highest BCUT2D eigenvalue weighted by molar-refractivity contribution is 5.84. The number of nitrogens with zero attached hydrogens (tertiary/aromatic N) is 2. The molecular formula is C11H14FN3O3. The Labute approximate surface area is 104 Å². The van der Waals surface area contributed by atoms with E-state index in [9.17, 15) is 19.3 Å². The van der Waals surface area contributed by atoms with Gasteiger partial charge in [-0.05, 0) is 13.0 Å². The number of hydrogen-bond donors (Lipinski definition) is 1. The van der Waals surface area contributed by atoms with E-state index in [0.717, 1.165) is 18.2 Å². The van der Waals surface area contributed by atoms with Crippen LogP contribution in [0.15, 0.2) is 18.2 Å². The first-order valence-electron chi connectivity index (χ1n) is 5.24. The molecule has 98 valence electrons. The lowest BCUT2D eigenvalue weighted by molar-refractivity contribution is -0.384. The Morgan fingerprint density at radius 2 is 2.11 bits per heavy atom. The summed E-state index contributed by atoms with van der Waals surface area (Å²) in [4.78, 5) is 23.1. The molecule has 1 aromatic carbocycles. The number of nitro benzene ring substituents is 1. The molecule has 0 spiro atoms. The van der Waals surface area contributed by atoms with Gasteiger partial charge in [0.05, 0.1) is 4.92 Å². The summed E-state index contributed by atoms with van der Waals surface area (Å²) >= 11 is 0. The number of halogens is 1. The summed E-state index contributed by atoms with van der Waals surface area (Å²) in [6, 6.07) is 2.38. The number of anilines is 1. The fraction of sp³-hybridized carbons (Fsp3) is 0.364. The maximum atomic E-state index is 13.1. The van der Waals surface area contributed by atoms with Crippen molar-refractivity contribution in [2.24, 2.45) is 0 Å². The molecule has 0 fully saturated rings. The topological polar surface area (TPSA) is 75.5 Å². The molecule has 1 rings (SSSR count). The first-order valence-corrected chi connectivity index (χ1v) is 5.24. The molecule has 0 radical (unpaired) electrons. The third kappa shape index (κ3) is 3.16. The molecule has 1 aromatic rings. The molecule has 7 heteroatoms. The predicted molar refractivity (Wildman–Crippen MR) is 64.8 cm³/mol. The van der Waals surface area contributed by atoms with Crippen molar-refractivity contribution in [1.82, 2.24) is 4.90 Å². The SMILES string of the molecule is CC(Nc1cc(F)ccc1[N+](=O)[O-])C(=O)N(C)C. The zero-order valence-electron chi connectivity index (χ0n) is 10.3. The van der Waals surface area contributed by atoms with E-state index in [4.69, 9.17) is 0 Å². The maximum Gasteiger partial charge on any atom is 0.292 e. The minimum Gasteiger partial charge on any atom is -0.368 e. The van der Waals surface area contributed by atoms with Gasteiger partial charge in [0, 0.05) is 26.2 Å². The van der Waals surface area contributed by atoms with Gasteiger partial charge < -0.3 is 10.2 Å². The van der Waals surface area contributed by atoms with Crippen molar-refractivity contribution in [3.63, 3.8) is 0 Å². The monoisotopic (exact) mass is 255 g/mol. The van der Waals surface area contributed by atoms with Gasteiger partial charge >= 0.3 is 0 Å². The molecule has 0 heterocycles. The molecule has 0 saturated carbocycles. The lowest BCUT2D eigenvalue weighted by atomic mass is 10.2.